The number of rotatable bonds is 4. The summed E-state index contributed by atoms with van der Waals surface area (Å²) in [5.41, 5.74) is 5.93. The smallest absolute Gasteiger partial charge is 0.271 e. The van der Waals surface area contributed by atoms with E-state index < -0.39 is 0 Å². The summed E-state index contributed by atoms with van der Waals surface area (Å²) in [7, 11) is 0. The van der Waals surface area contributed by atoms with Crippen molar-refractivity contribution in [2.75, 3.05) is 6.54 Å². The topological polar surface area (TPSA) is 80.9 Å². The molecule has 1 aromatic rings. The molecule has 0 aromatic carbocycles. The minimum absolute atomic E-state index is 0. The molecule has 1 aromatic heterocycles. The molecule has 0 saturated heterocycles. The van der Waals surface area contributed by atoms with Crippen LogP contribution < -0.4 is 11.1 Å². The molecule has 88 valence electrons. The Bertz CT molecular complexity index is 342. The molecule has 1 unspecified atom stereocenters. The summed E-state index contributed by atoms with van der Waals surface area (Å²) in [6.45, 7) is 0.483. The molecule has 1 aliphatic carbocycles. The monoisotopic (exact) mass is 242 g/mol. The number of nitrogens with zero attached hydrogens (tertiary/aromatic N) is 2. The molecule has 1 amide bonds. The zero-order chi connectivity index (χ0) is 10.7. The molecule has 1 atom stereocenters. The third-order valence-electron chi connectivity index (χ3n) is 2.56. The van der Waals surface area contributed by atoms with E-state index in [1.165, 1.54) is 18.6 Å². The zero-order valence-electron chi connectivity index (χ0n) is 8.80. The molecule has 0 aliphatic heterocycles. The predicted molar refractivity (Wildman–Crippen MR) is 62.3 cm³/mol. The van der Waals surface area contributed by atoms with Gasteiger partial charge in [-0.05, 0) is 18.8 Å². The van der Waals surface area contributed by atoms with E-state index in [-0.39, 0.29) is 24.4 Å². The van der Waals surface area contributed by atoms with Crippen LogP contribution in [0.5, 0.6) is 0 Å². The summed E-state index contributed by atoms with van der Waals surface area (Å²) in [5.74, 6) is 0.362. The van der Waals surface area contributed by atoms with Gasteiger partial charge in [-0.1, -0.05) is 0 Å². The van der Waals surface area contributed by atoms with E-state index in [4.69, 9.17) is 5.73 Å². The minimum Gasteiger partial charge on any atom is -0.346 e. The molecule has 0 radical (unpaired) electrons. The molecule has 1 aliphatic rings. The first kappa shape index (κ1) is 12.9. The van der Waals surface area contributed by atoms with E-state index in [1.54, 1.807) is 0 Å². The fraction of sp³-hybridized carbons (Fsp3) is 0.500. The first-order valence-corrected chi connectivity index (χ1v) is 5.08. The second kappa shape index (κ2) is 5.77. The van der Waals surface area contributed by atoms with Gasteiger partial charge in [0.05, 0.1) is 6.20 Å². The van der Waals surface area contributed by atoms with Crippen molar-refractivity contribution in [3.63, 3.8) is 0 Å². The van der Waals surface area contributed by atoms with Crippen molar-refractivity contribution in [1.82, 2.24) is 15.3 Å². The third-order valence-corrected chi connectivity index (χ3v) is 2.56. The van der Waals surface area contributed by atoms with Crippen LogP contribution in [0.2, 0.25) is 0 Å². The fourth-order valence-electron chi connectivity index (χ4n) is 1.53. The summed E-state index contributed by atoms with van der Waals surface area (Å²) in [5, 5.41) is 2.88. The Morgan fingerprint density at radius 3 is 2.81 bits per heavy atom. The van der Waals surface area contributed by atoms with Crippen molar-refractivity contribution in [2.24, 2.45) is 11.7 Å². The number of nitrogens with one attached hydrogen (secondary N) is 1. The number of aromatic nitrogens is 2. The van der Waals surface area contributed by atoms with E-state index in [0.29, 0.717) is 18.2 Å². The molecule has 1 fully saturated rings. The predicted octanol–water partition coefficient (Wildman–Crippen LogP) is 0.365. The molecule has 1 heterocycles. The van der Waals surface area contributed by atoms with Crippen LogP contribution in [0.1, 0.15) is 23.3 Å². The average molecular weight is 243 g/mol. The molecule has 6 heteroatoms. The van der Waals surface area contributed by atoms with Crippen LogP contribution in [0, 0.1) is 5.92 Å². The standard InChI is InChI=1S/C10H14N4O.ClH/c11-5-8(7-1-2-7)14-10(15)9-6-12-3-4-13-9;/h3-4,6-8H,1-2,5,11H2,(H,14,15);1H. The lowest BCUT2D eigenvalue weighted by Gasteiger charge is -2.15. The molecule has 2 rings (SSSR count). The molecule has 0 spiro atoms. The number of carbonyl (C=O) groups is 1. The van der Waals surface area contributed by atoms with Gasteiger partial charge in [-0.15, -0.1) is 12.4 Å². The van der Waals surface area contributed by atoms with Crippen molar-refractivity contribution in [3.8, 4) is 0 Å². The van der Waals surface area contributed by atoms with Crippen molar-refractivity contribution < 1.29 is 4.79 Å². The molecule has 0 bridgehead atoms. The highest BCUT2D eigenvalue weighted by atomic mass is 35.5. The third kappa shape index (κ3) is 3.15. The Kier molecular flexibility index (Phi) is 4.64. The SMILES string of the molecule is Cl.NCC(NC(=O)c1cnccn1)C1CC1. The highest BCUT2D eigenvalue weighted by Crippen LogP contribution is 2.32. The fourth-order valence-corrected chi connectivity index (χ4v) is 1.53. The molecular formula is C10H15ClN4O. The second-order valence-electron chi connectivity index (χ2n) is 3.74. The first-order chi connectivity index (χ1) is 7.31. The Morgan fingerprint density at radius 1 is 1.56 bits per heavy atom. The number of halogens is 1. The van der Waals surface area contributed by atoms with E-state index in [1.807, 2.05) is 0 Å². The van der Waals surface area contributed by atoms with Crippen molar-refractivity contribution in [2.45, 2.75) is 18.9 Å². The van der Waals surface area contributed by atoms with Crippen LogP contribution in [-0.4, -0.2) is 28.5 Å². The average Bonchev–Trinajstić information content (AvgIpc) is 3.10. The minimum atomic E-state index is -0.189. The number of carbonyl (C=O) groups excluding carboxylic acids is 1. The van der Waals surface area contributed by atoms with Crippen LogP contribution in [0.4, 0.5) is 0 Å². The van der Waals surface area contributed by atoms with Gasteiger partial charge in [-0.2, -0.15) is 0 Å². The maximum atomic E-state index is 11.7. The quantitative estimate of drug-likeness (QED) is 0.799. The molecule has 16 heavy (non-hydrogen) atoms. The van der Waals surface area contributed by atoms with Gasteiger partial charge < -0.3 is 11.1 Å². The van der Waals surface area contributed by atoms with Crippen LogP contribution in [-0.2, 0) is 0 Å². The summed E-state index contributed by atoms with van der Waals surface area (Å²) >= 11 is 0. The van der Waals surface area contributed by atoms with E-state index in [9.17, 15) is 4.79 Å². The highest BCUT2D eigenvalue weighted by molar-refractivity contribution is 5.92. The van der Waals surface area contributed by atoms with Gasteiger partial charge >= 0.3 is 0 Å². The Labute approximate surface area is 100 Å². The van der Waals surface area contributed by atoms with E-state index in [2.05, 4.69) is 15.3 Å². The van der Waals surface area contributed by atoms with Crippen LogP contribution in [0.15, 0.2) is 18.6 Å². The molecule has 3 N–H and O–H groups in total. The summed E-state index contributed by atoms with van der Waals surface area (Å²) in [6.07, 6.45) is 6.81. The van der Waals surface area contributed by atoms with Gasteiger partial charge in [0.2, 0.25) is 0 Å². The highest BCUT2D eigenvalue weighted by Gasteiger charge is 2.31. The van der Waals surface area contributed by atoms with E-state index >= 15 is 0 Å². The molecule has 5 nitrogen and oxygen atoms in total. The van der Waals surface area contributed by atoms with Gasteiger partial charge in [0.15, 0.2) is 0 Å². The first-order valence-electron chi connectivity index (χ1n) is 5.08. The van der Waals surface area contributed by atoms with Gasteiger partial charge in [-0.25, -0.2) is 4.98 Å². The molecular weight excluding hydrogens is 228 g/mol. The maximum absolute atomic E-state index is 11.7. The Balaban J connectivity index is 0.00000128. The zero-order valence-corrected chi connectivity index (χ0v) is 9.61. The summed E-state index contributed by atoms with van der Waals surface area (Å²) in [6, 6.07) is 0.0829. The Hall–Kier alpha value is -1.20. The number of nitrogens with two attached hydrogens (primary N) is 1. The lowest BCUT2D eigenvalue weighted by Crippen LogP contribution is -2.42. The van der Waals surface area contributed by atoms with E-state index in [0.717, 1.165) is 12.8 Å². The van der Waals surface area contributed by atoms with Gasteiger partial charge in [-0.3, -0.25) is 9.78 Å². The van der Waals surface area contributed by atoms with Crippen molar-refractivity contribution in [1.29, 1.82) is 0 Å². The Morgan fingerprint density at radius 2 is 2.31 bits per heavy atom. The van der Waals surface area contributed by atoms with Gasteiger partial charge in [0.25, 0.3) is 5.91 Å². The number of amides is 1. The normalized spacial score (nSPS) is 16.1. The van der Waals surface area contributed by atoms with Gasteiger partial charge in [0, 0.05) is 25.0 Å². The number of hydrogen-bond donors (Lipinski definition) is 2. The summed E-state index contributed by atoms with van der Waals surface area (Å²) < 4.78 is 0. The summed E-state index contributed by atoms with van der Waals surface area (Å²) in [4.78, 5) is 19.5. The van der Waals surface area contributed by atoms with Crippen LogP contribution in [0.3, 0.4) is 0 Å². The lowest BCUT2D eigenvalue weighted by atomic mass is 10.2. The molecule has 1 saturated carbocycles. The van der Waals surface area contributed by atoms with Crippen LogP contribution >= 0.6 is 12.4 Å². The number of hydrogen-bond acceptors (Lipinski definition) is 4. The van der Waals surface area contributed by atoms with Crippen LogP contribution in [0.25, 0.3) is 0 Å². The maximum Gasteiger partial charge on any atom is 0.271 e. The largest absolute Gasteiger partial charge is 0.346 e. The van der Waals surface area contributed by atoms with Crippen molar-refractivity contribution in [3.05, 3.63) is 24.3 Å². The van der Waals surface area contributed by atoms with Crippen molar-refractivity contribution >= 4 is 18.3 Å². The second-order valence-corrected chi connectivity index (χ2v) is 3.74. The van der Waals surface area contributed by atoms with Gasteiger partial charge in [0.1, 0.15) is 5.69 Å². The lowest BCUT2D eigenvalue weighted by molar-refractivity contribution is 0.0928.